The van der Waals surface area contributed by atoms with Crippen molar-refractivity contribution in [1.82, 2.24) is 9.80 Å². The molecule has 1 aromatic heterocycles. The van der Waals surface area contributed by atoms with Crippen molar-refractivity contribution in [2.75, 3.05) is 26.3 Å². The Morgan fingerprint density at radius 1 is 1.11 bits per heavy atom. The third-order valence-corrected chi connectivity index (χ3v) is 7.81. The van der Waals surface area contributed by atoms with Gasteiger partial charge in [0.15, 0.2) is 0 Å². The maximum atomic E-state index is 13.1. The lowest BCUT2D eigenvalue weighted by Crippen LogP contribution is -2.45. The van der Waals surface area contributed by atoms with Crippen LogP contribution in [0.4, 0.5) is 0 Å². The standard InChI is InChI=1S/C28H37N3O5S/c1-28(2,3)36-25(32)11-9-23(26(29)33)31-17-21-22(27(31)34)18-37-24(21)10-8-19-4-6-20(7-5-19)16-30-12-14-35-15-13-30/h4-7,18,23H,8-17H2,1-3H3,(H2,29,33)/t23-/m0/s1. The minimum Gasteiger partial charge on any atom is -0.460 e. The zero-order valence-electron chi connectivity index (χ0n) is 22.0. The molecule has 2 aliphatic rings. The highest BCUT2D eigenvalue weighted by molar-refractivity contribution is 7.10. The highest BCUT2D eigenvalue weighted by Gasteiger charge is 2.37. The van der Waals surface area contributed by atoms with E-state index in [4.69, 9.17) is 15.2 Å². The zero-order chi connectivity index (χ0) is 26.6. The molecule has 0 aliphatic carbocycles. The molecule has 1 saturated heterocycles. The molecule has 1 atom stereocenters. The van der Waals surface area contributed by atoms with Crippen LogP contribution in [0.25, 0.3) is 0 Å². The first-order chi connectivity index (χ1) is 17.6. The van der Waals surface area contributed by atoms with E-state index in [2.05, 4.69) is 29.2 Å². The fourth-order valence-electron chi connectivity index (χ4n) is 4.82. The first-order valence-corrected chi connectivity index (χ1v) is 13.8. The quantitative estimate of drug-likeness (QED) is 0.476. The maximum absolute atomic E-state index is 13.1. The van der Waals surface area contributed by atoms with E-state index in [9.17, 15) is 14.4 Å². The topological polar surface area (TPSA) is 102 Å². The van der Waals surface area contributed by atoms with E-state index in [1.54, 1.807) is 32.1 Å². The van der Waals surface area contributed by atoms with Gasteiger partial charge in [0, 0.05) is 42.9 Å². The van der Waals surface area contributed by atoms with Gasteiger partial charge >= 0.3 is 5.97 Å². The van der Waals surface area contributed by atoms with Crippen LogP contribution in [0.2, 0.25) is 0 Å². The van der Waals surface area contributed by atoms with E-state index >= 15 is 0 Å². The lowest BCUT2D eigenvalue weighted by Gasteiger charge is -2.26. The molecule has 2 aromatic rings. The number of hydrogen-bond acceptors (Lipinski definition) is 7. The van der Waals surface area contributed by atoms with E-state index in [0.29, 0.717) is 12.1 Å². The molecule has 2 amide bonds. The summed E-state index contributed by atoms with van der Waals surface area (Å²) < 4.78 is 10.8. The van der Waals surface area contributed by atoms with Crippen molar-refractivity contribution in [3.8, 4) is 0 Å². The molecule has 0 bridgehead atoms. The molecule has 0 spiro atoms. The first-order valence-electron chi connectivity index (χ1n) is 12.9. The Hall–Kier alpha value is -2.75. The number of fused-ring (bicyclic) bond motifs is 1. The van der Waals surface area contributed by atoms with Crippen LogP contribution in [0.15, 0.2) is 29.6 Å². The van der Waals surface area contributed by atoms with Gasteiger partial charge in [-0.25, -0.2) is 0 Å². The largest absolute Gasteiger partial charge is 0.460 e. The number of primary amides is 1. The summed E-state index contributed by atoms with van der Waals surface area (Å²) in [6.45, 7) is 10.2. The van der Waals surface area contributed by atoms with E-state index < -0.39 is 23.5 Å². The van der Waals surface area contributed by atoms with E-state index in [0.717, 1.165) is 56.1 Å². The Morgan fingerprint density at radius 3 is 2.43 bits per heavy atom. The Morgan fingerprint density at radius 2 is 1.78 bits per heavy atom. The van der Waals surface area contributed by atoms with E-state index in [1.165, 1.54) is 16.0 Å². The van der Waals surface area contributed by atoms with Crippen LogP contribution in [-0.4, -0.2) is 65.5 Å². The highest BCUT2D eigenvalue weighted by Crippen LogP contribution is 2.34. The number of benzene rings is 1. The van der Waals surface area contributed by atoms with Gasteiger partial charge in [-0.2, -0.15) is 0 Å². The van der Waals surface area contributed by atoms with Gasteiger partial charge in [-0.1, -0.05) is 24.3 Å². The molecule has 3 heterocycles. The molecule has 4 rings (SSSR count). The summed E-state index contributed by atoms with van der Waals surface area (Å²) in [7, 11) is 0. The van der Waals surface area contributed by atoms with Crippen LogP contribution in [0.3, 0.4) is 0 Å². The Labute approximate surface area is 222 Å². The van der Waals surface area contributed by atoms with Crippen LogP contribution in [0.1, 0.15) is 65.5 Å². The number of nitrogens with two attached hydrogens (primary N) is 1. The molecule has 9 heteroatoms. The molecule has 0 radical (unpaired) electrons. The summed E-state index contributed by atoms with van der Waals surface area (Å²) in [6, 6.07) is 7.90. The van der Waals surface area contributed by atoms with Gasteiger partial charge in [0.05, 0.1) is 18.8 Å². The number of rotatable bonds is 10. The van der Waals surface area contributed by atoms with E-state index in [1.807, 2.05) is 5.38 Å². The van der Waals surface area contributed by atoms with Crippen molar-refractivity contribution in [2.24, 2.45) is 5.73 Å². The molecule has 2 N–H and O–H groups in total. The third-order valence-electron chi connectivity index (χ3n) is 6.72. The first kappa shape index (κ1) is 27.3. The summed E-state index contributed by atoms with van der Waals surface area (Å²) >= 11 is 1.59. The molecule has 0 unspecified atom stereocenters. The molecular formula is C28H37N3O5S. The predicted octanol–water partition coefficient (Wildman–Crippen LogP) is 3.30. The van der Waals surface area contributed by atoms with Crippen molar-refractivity contribution in [2.45, 2.75) is 71.2 Å². The van der Waals surface area contributed by atoms with Crippen molar-refractivity contribution in [3.05, 3.63) is 56.8 Å². The second kappa shape index (κ2) is 11.8. The number of carbonyl (C=O) groups excluding carboxylic acids is 3. The van der Waals surface area contributed by atoms with Crippen molar-refractivity contribution in [3.63, 3.8) is 0 Å². The van der Waals surface area contributed by atoms with Crippen LogP contribution in [0.5, 0.6) is 0 Å². The van der Waals surface area contributed by atoms with Crippen molar-refractivity contribution >= 4 is 29.1 Å². The molecule has 200 valence electrons. The number of nitrogens with zero attached hydrogens (tertiary/aromatic N) is 2. The number of amides is 2. The number of hydrogen-bond donors (Lipinski definition) is 1. The number of carbonyl (C=O) groups is 3. The molecule has 37 heavy (non-hydrogen) atoms. The van der Waals surface area contributed by atoms with Crippen LogP contribution in [0, 0.1) is 0 Å². The minimum absolute atomic E-state index is 0.0237. The fraction of sp³-hybridized carbons (Fsp3) is 0.536. The molecule has 2 aliphatic heterocycles. The number of aryl methyl sites for hydroxylation is 2. The molecule has 1 aromatic carbocycles. The summed E-state index contributed by atoms with van der Waals surface area (Å²) in [6.07, 6.45) is 1.87. The van der Waals surface area contributed by atoms with Gasteiger partial charge in [-0.3, -0.25) is 19.3 Å². The zero-order valence-corrected chi connectivity index (χ0v) is 22.8. The average molecular weight is 528 g/mol. The number of morpholine rings is 1. The summed E-state index contributed by atoms with van der Waals surface area (Å²) in [5, 5.41) is 1.88. The lowest BCUT2D eigenvalue weighted by molar-refractivity contribution is -0.155. The smallest absolute Gasteiger partial charge is 0.306 e. The molecule has 0 saturated carbocycles. The monoisotopic (exact) mass is 527 g/mol. The van der Waals surface area contributed by atoms with Crippen molar-refractivity contribution < 1.29 is 23.9 Å². The van der Waals surface area contributed by atoms with Gasteiger partial charge in [-0.05, 0) is 56.7 Å². The van der Waals surface area contributed by atoms with Crippen LogP contribution in [-0.2, 0) is 45.0 Å². The number of esters is 1. The van der Waals surface area contributed by atoms with Crippen LogP contribution >= 0.6 is 11.3 Å². The average Bonchev–Trinajstić information content (AvgIpc) is 3.38. The van der Waals surface area contributed by atoms with Crippen LogP contribution < -0.4 is 5.73 Å². The predicted molar refractivity (Wildman–Crippen MR) is 142 cm³/mol. The number of ether oxygens (including phenoxy) is 2. The second-order valence-electron chi connectivity index (χ2n) is 10.7. The lowest BCUT2D eigenvalue weighted by atomic mass is 10.0. The SMILES string of the molecule is CC(C)(C)OC(=O)CC[C@@H](C(N)=O)N1Cc2c(csc2CCc2ccc(CN3CCOCC3)cc2)C1=O. The maximum Gasteiger partial charge on any atom is 0.306 e. The summed E-state index contributed by atoms with van der Waals surface area (Å²) in [5.41, 5.74) is 9.21. The van der Waals surface area contributed by atoms with Gasteiger partial charge < -0.3 is 20.1 Å². The highest BCUT2D eigenvalue weighted by atomic mass is 32.1. The number of thiophene rings is 1. The normalized spacial score (nSPS) is 17.1. The third kappa shape index (κ3) is 7.18. The molecule has 1 fully saturated rings. The Kier molecular flexibility index (Phi) is 8.67. The minimum atomic E-state index is -0.843. The van der Waals surface area contributed by atoms with Crippen molar-refractivity contribution in [1.29, 1.82) is 0 Å². The van der Waals surface area contributed by atoms with Gasteiger partial charge in [0.1, 0.15) is 11.6 Å². The van der Waals surface area contributed by atoms with Gasteiger partial charge in [0.2, 0.25) is 5.91 Å². The summed E-state index contributed by atoms with van der Waals surface area (Å²) in [5.74, 6) is -1.21. The molecule has 8 nitrogen and oxygen atoms in total. The van der Waals surface area contributed by atoms with Gasteiger partial charge in [-0.15, -0.1) is 11.3 Å². The van der Waals surface area contributed by atoms with E-state index in [-0.39, 0.29) is 18.7 Å². The fourth-order valence-corrected chi connectivity index (χ4v) is 5.86. The Bertz CT molecular complexity index is 1120. The summed E-state index contributed by atoms with van der Waals surface area (Å²) in [4.78, 5) is 42.5. The second-order valence-corrected chi connectivity index (χ2v) is 11.7. The van der Waals surface area contributed by atoms with Gasteiger partial charge in [0.25, 0.3) is 5.91 Å². The molecular weight excluding hydrogens is 490 g/mol. The Balaban J connectivity index is 1.34.